The van der Waals surface area contributed by atoms with Crippen LogP contribution in [-0.2, 0) is 7.05 Å². The third kappa shape index (κ3) is 2.22. The monoisotopic (exact) mass is 231 g/mol. The summed E-state index contributed by atoms with van der Waals surface area (Å²) in [4.78, 5) is 7.05. The molecule has 2 aromatic rings. The van der Waals surface area contributed by atoms with Crippen molar-refractivity contribution in [2.24, 2.45) is 12.2 Å². The van der Waals surface area contributed by atoms with E-state index < -0.39 is 0 Å². The van der Waals surface area contributed by atoms with Crippen LogP contribution in [0.25, 0.3) is 21.5 Å². The van der Waals surface area contributed by atoms with E-state index in [1.165, 1.54) is 0 Å². The van der Waals surface area contributed by atoms with Crippen LogP contribution in [0.1, 0.15) is 18.0 Å². The molecule has 0 radical (unpaired) electrons. The molecule has 0 aliphatic rings. The minimum atomic E-state index is -0.337. The van der Waals surface area contributed by atoms with Crippen molar-refractivity contribution in [2.45, 2.75) is 12.5 Å². The van der Waals surface area contributed by atoms with E-state index in [2.05, 4.69) is 15.0 Å². The lowest BCUT2D eigenvalue weighted by molar-refractivity contribution is 0.276. The van der Waals surface area contributed by atoms with E-state index >= 15 is 0 Å². The van der Waals surface area contributed by atoms with Crippen molar-refractivity contribution in [3.63, 3.8) is 0 Å². The van der Waals surface area contributed by atoms with Crippen LogP contribution in [-0.4, -0.2) is 21.3 Å². The number of nitrogens with zero attached hydrogens (tertiary/aromatic N) is 5. The highest BCUT2D eigenvalue weighted by Gasteiger charge is 2.10. The molecule has 0 spiro atoms. The standard InChI is InChI=1S/C11H13N5O/c1-16-7-13-10-6-8(2-3-11(10)16)9(4-5-17)14-15-12/h2-3,6-7,9,17H,4-5H2,1H3. The predicted molar refractivity (Wildman–Crippen MR) is 64.3 cm³/mol. The average Bonchev–Trinajstić information content (AvgIpc) is 2.70. The lowest BCUT2D eigenvalue weighted by Crippen LogP contribution is -1.98. The molecule has 0 aliphatic heterocycles. The third-order valence-electron chi connectivity index (χ3n) is 2.73. The highest BCUT2D eigenvalue weighted by molar-refractivity contribution is 5.76. The van der Waals surface area contributed by atoms with Crippen molar-refractivity contribution in [3.05, 3.63) is 40.5 Å². The maximum absolute atomic E-state index is 8.94. The van der Waals surface area contributed by atoms with Gasteiger partial charge in [-0.25, -0.2) is 4.98 Å². The number of hydrogen-bond acceptors (Lipinski definition) is 3. The second kappa shape index (κ2) is 4.86. The molecule has 0 saturated carbocycles. The van der Waals surface area contributed by atoms with Gasteiger partial charge in [-0.2, -0.15) is 0 Å². The summed E-state index contributed by atoms with van der Waals surface area (Å²) in [6.07, 6.45) is 2.16. The molecule has 1 aromatic heterocycles. The summed E-state index contributed by atoms with van der Waals surface area (Å²) in [5.41, 5.74) is 11.3. The van der Waals surface area contributed by atoms with Gasteiger partial charge in [0.05, 0.1) is 23.4 Å². The molecule has 1 N–H and O–H groups in total. The molecular weight excluding hydrogens is 218 g/mol. The van der Waals surface area contributed by atoms with Gasteiger partial charge in [-0.3, -0.25) is 0 Å². The second-order valence-corrected chi connectivity index (χ2v) is 3.84. The predicted octanol–water partition coefficient (Wildman–Crippen LogP) is 2.31. The molecule has 1 aromatic carbocycles. The van der Waals surface area contributed by atoms with Crippen LogP contribution in [0, 0.1) is 0 Å². The number of fused-ring (bicyclic) bond motifs is 1. The lowest BCUT2D eigenvalue weighted by atomic mass is 10.0. The second-order valence-electron chi connectivity index (χ2n) is 3.84. The molecule has 2 rings (SSSR count). The van der Waals surface area contributed by atoms with Crippen molar-refractivity contribution in [1.29, 1.82) is 0 Å². The van der Waals surface area contributed by atoms with Gasteiger partial charge in [-0.1, -0.05) is 11.2 Å². The minimum Gasteiger partial charge on any atom is -0.396 e. The SMILES string of the molecule is Cn1cnc2cc(C(CCO)N=[N+]=[N-])ccc21. The van der Waals surface area contributed by atoms with Crippen LogP contribution in [0.5, 0.6) is 0 Å². The van der Waals surface area contributed by atoms with Gasteiger partial charge in [0.1, 0.15) is 0 Å². The fourth-order valence-electron chi connectivity index (χ4n) is 1.84. The zero-order valence-corrected chi connectivity index (χ0v) is 9.48. The average molecular weight is 231 g/mol. The zero-order chi connectivity index (χ0) is 12.3. The van der Waals surface area contributed by atoms with Gasteiger partial charge in [0.2, 0.25) is 0 Å². The third-order valence-corrected chi connectivity index (χ3v) is 2.73. The molecule has 0 fully saturated rings. The molecule has 0 bridgehead atoms. The molecular formula is C11H13N5O. The Balaban J connectivity index is 2.43. The van der Waals surface area contributed by atoms with Crippen LogP contribution in [0.15, 0.2) is 29.6 Å². The van der Waals surface area contributed by atoms with Gasteiger partial charge >= 0.3 is 0 Å². The maximum atomic E-state index is 8.94. The van der Waals surface area contributed by atoms with Crippen molar-refractivity contribution in [2.75, 3.05) is 6.61 Å². The fraction of sp³-hybridized carbons (Fsp3) is 0.364. The van der Waals surface area contributed by atoms with Gasteiger partial charge in [0.25, 0.3) is 0 Å². The minimum absolute atomic E-state index is 0.00998. The Kier molecular flexibility index (Phi) is 3.27. The molecule has 1 unspecified atom stereocenters. The lowest BCUT2D eigenvalue weighted by Gasteiger charge is -2.09. The Labute approximate surface area is 98.1 Å². The summed E-state index contributed by atoms with van der Waals surface area (Å²) in [6.45, 7) is -0.00998. The number of benzene rings is 1. The fourth-order valence-corrected chi connectivity index (χ4v) is 1.84. The molecule has 1 heterocycles. The number of aliphatic hydroxyl groups is 1. The number of rotatable bonds is 4. The molecule has 1 atom stereocenters. The molecule has 88 valence electrons. The number of hydrogen-bond donors (Lipinski definition) is 1. The van der Waals surface area contributed by atoms with Crippen molar-refractivity contribution in [3.8, 4) is 0 Å². The first kappa shape index (κ1) is 11.4. The summed E-state index contributed by atoms with van der Waals surface area (Å²) in [7, 11) is 1.92. The van der Waals surface area contributed by atoms with E-state index in [0.29, 0.717) is 6.42 Å². The van der Waals surface area contributed by atoms with Gasteiger partial charge in [0.15, 0.2) is 0 Å². The molecule has 6 nitrogen and oxygen atoms in total. The number of imidazole rings is 1. The Hall–Kier alpha value is -2.04. The number of aliphatic hydroxyl groups excluding tert-OH is 1. The molecule has 0 saturated heterocycles. The van der Waals surface area contributed by atoms with Crippen LogP contribution in [0.3, 0.4) is 0 Å². The molecule has 0 amide bonds. The highest BCUT2D eigenvalue weighted by atomic mass is 16.3. The quantitative estimate of drug-likeness (QED) is 0.497. The van der Waals surface area contributed by atoms with Gasteiger partial charge in [-0.05, 0) is 29.6 Å². The Morgan fingerprint density at radius 2 is 2.41 bits per heavy atom. The zero-order valence-electron chi connectivity index (χ0n) is 9.48. The largest absolute Gasteiger partial charge is 0.396 e. The first-order valence-electron chi connectivity index (χ1n) is 5.32. The highest BCUT2D eigenvalue weighted by Crippen LogP contribution is 2.24. The van der Waals surface area contributed by atoms with E-state index in [9.17, 15) is 0 Å². The van der Waals surface area contributed by atoms with Crippen LogP contribution in [0.4, 0.5) is 0 Å². The number of aromatic nitrogens is 2. The maximum Gasteiger partial charge on any atom is 0.0955 e. The Morgan fingerprint density at radius 3 is 3.12 bits per heavy atom. The van der Waals surface area contributed by atoms with Crippen molar-refractivity contribution in [1.82, 2.24) is 9.55 Å². The van der Waals surface area contributed by atoms with E-state index in [0.717, 1.165) is 16.6 Å². The molecule has 17 heavy (non-hydrogen) atoms. The summed E-state index contributed by atoms with van der Waals surface area (Å²) < 4.78 is 1.92. The first-order chi connectivity index (χ1) is 8.26. The van der Waals surface area contributed by atoms with Crippen LogP contribution >= 0.6 is 0 Å². The van der Waals surface area contributed by atoms with E-state index in [4.69, 9.17) is 10.6 Å². The summed E-state index contributed by atoms with van der Waals surface area (Å²) in [6, 6.07) is 5.40. The first-order valence-corrected chi connectivity index (χ1v) is 5.32. The Bertz CT molecular complexity index is 570. The smallest absolute Gasteiger partial charge is 0.0955 e. The van der Waals surface area contributed by atoms with Crippen molar-refractivity contribution < 1.29 is 5.11 Å². The van der Waals surface area contributed by atoms with Crippen LogP contribution in [0.2, 0.25) is 0 Å². The molecule has 6 heteroatoms. The normalized spacial score (nSPS) is 12.4. The van der Waals surface area contributed by atoms with E-state index in [-0.39, 0.29) is 12.6 Å². The summed E-state index contributed by atoms with van der Waals surface area (Å²) >= 11 is 0. The van der Waals surface area contributed by atoms with Gasteiger partial charge in [0, 0.05) is 18.6 Å². The van der Waals surface area contributed by atoms with Crippen molar-refractivity contribution >= 4 is 11.0 Å². The number of azide groups is 1. The summed E-state index contributed by atoms with van der Waals surface area (Å²) in [5.74, 6) is 0. The number of aryl methyl sites for hydroxylation is 1. The van der Waals surface area contributed by atoms with Gasteiger partial charge < -0.3 is 9.67 Å². The van der Waals surface area contributed by atoms with E-state index in [1.807, 2.05) is 29.8 Å². The van der Waals surface area contributed by atoms with Crippen LogP contribution < -0.4 is 0 Å². The van der Waals surface area contributed by atoms with E-state index in [1.54, 1.807) is 6.33 Å². The Morgan fingerprint density at radius 1 is 1.59 bits per heavy atom. The molecule has 0 aliphatic carbocycles. The topological polar surface area (TPSA) is 86.8 Å². The summed E-state index contributed by atoms with van der Waals surface area (Å²) in [5, 5.41) is 12.6. The van der Waals surface area contributed by atoms with Gasteiger partial charge in [-0.15, -0.1) is 0 Å².